The molecule has 0 saturated heterocycles. The Morgan fingerprint density at radius 3 is 2.55 bits per heavy atom. The lowest BCUT2D eigenvalue weighted by atomic mass is 10.1. The van der Waals surface area contributed by atoms with Crippen LogP contribution >= 0.6 is 45.2 Å². The normalized spacial score (nSPS) is 16.4. The second-order valence-corrected chi connectivity index (χ2v) is 5.39. The Bertz CT molecular complexity index is 88.2. The van der Waals surface area contributed by atoms with Crippen LogP contribution in [-0.2, 0) is 5.11 Å². The maximum atomic E-state index is 11.2. The quantitative estimate of drug-likeness (QED) is 0.495. The van der Waals surface area contributed by atoms with Gasteiger partial charge in [0.25, 0.3) is 0 Å². The Hall–Kier alpha value is 1.42. The number of halogens is 2. The topological polar surface area (TPSA) is 19.9 Å². The van der Waals surface area contributed by atoms with E-state index in [4.69, 9.17) is 0 Å². The molecule has 1 nitrogen and oxygen atoms in total. The first kappa shape index (κ1) is 12.4. The summed E-state index contributed by atoms with van der Waals surface area (Å²) >= 11 is 4.70. The molecule has 0 spiro atoms. The standard InChI is InChI=1S/C8H15I2O/c1-2-3-4-8(11)5-7(10)6-9/h7-8H,2-6H2,1H3. The Morgan fingerprint density at radius 1 is 1.45 bits per heavy atom. The van der Waals surface area contributed by atoms with Crippen molar-refractivity contribution in [3.05, 3.63) is 0 Å². The van der Waals surface area contributed by atoms with Crippen LogP contribution in [0.4, 0.5) is 0 Å². The summed E-state index contributed by atoms with van der Waals surface area (Å²) in [4.78, 5) is 0. The van der Waals surface area contributed by atoms with Crippen molar-refractivity contribution in [3.8, 4) is 0 Å². The zero-order valence-corrected chi connectivity index (χ0v) is 11.2. The lowest BCUT2D eigenvalue weighted by Gasteiger charge is -2.10. The van der Waals surface area contributed by atoms with Gasteiger partial charge in [-0.05, 0) is 12.8 Å². The third kappa shape index (κ3) is 7.77. The molecule has 0 heterocycles. The number of unbranched alkanes of at least 4 members (excludes halogenated alkanes) is 1. The molecule has 0 bridgehead atoms. The van der Waals surface area contributed by atoms with Crippen molar-refractivity contribution >= 4 is 45.2 Å². The molecule has 0 aliphatic carbocycles. The summed E-state index contributed by atoms with van der Waals surface area (Å²) in [6.45, 7) is 2.13. The minimum atomic E-state index is -0.313. The minimum absolute atomic E-state index is 0.313. The molecule has 67 valence electrons. The average Bonchev–Trinajstić information content (AvgIpc) is 2.00. The summed E-state index contributed by atoms with van der Waals surface area (Å²) in [5.74, 6) is 0. The molecular weight excluding hydrogens is 366 g/mol. The smallest absolute Gasteiger partial charge is 0.0940 e. The molecule has 0 N–H and O–H groups in total. The van der Waals surface area contributed by atoms with Crippen LogP contribution in [0.5, 0.6) is 0 Å². The molecule has 0 rings (SSSR count). The van der Waals surface area contributed by atoms with Crippen molar-refractivity contribution in [1.29, 1.82) is 0 Å². The van der Waals surface area contributed by atoms with E-state index in [0.29, 0.717) is 3.92 Å². The van der Waals surface area contributed by atoms with E-state index in [9.17, 15) is 5.11 Å². The number of hydrogen-bond donors (Lipinski definition) is 0. The Balaban J connectivity index is 3.27. The molecule has 0 amide bonds. The van der Waals surface area contributed by atoms with Gasteiger partial charge in [0, 0.05) is 8.35 Å². The fourth-order valence-electron chi connectivity index (χ4n) is 0.898. The first-order valence-corrected chi connectivity index (χ1v) is 6.83. The highest BCUT2D eigenvalue weighted by Crippen LogP contribution is 2.15. The number of rotatable bonds is 6. The minimum Gasteiger partial charge on any atom is -0.233 e. The van der Waals surface area contributed by atoms with Crippen molar-refractivity contribution < 1.29 is 5.11 Å². The molecule has 0 saturated carbocycles. The molecule has 0 aliphatic heterocycles. The summed E-state index contributed by atoms with van der Waals surface area (Å²) in [6.07, 6.45) is 3.65. The van der Waals surface area contributed by atoms with Crippen molar-refractivity contribution in [2.24, 2.45) is 0 Å². The van der Waals surface area contributed by atoms with Gasteiger partial charge in [-0.2, -0.15) is 0 Å². The van der Waals surface area contributed by atoms with Crippen LogP contribution in [0.15, 0.2) is 0 Å². The second kappa shape index (κ2) is 8.04. The number of hydrogen-bond acceptors (Lipinski definition) is 0. The molecule has 0 fully saturated rings. The molecule has 0 aromatic carbocycles. The second-order valence-electron chi connectivity index (χ2n) is 2.75. The molecule has 11 heavy (non-hydrogen) atoms. The lowest BCUT2D eigenvalue weighted by molar-refractivity contribution is 0.0736. The van der Waals surface area contributed by atoms with E-state index < -0.39 is 0 Å². The van der Waals surface area contributed by atoms with Crippen LogP contribution in [-0.4, -0.2) is 14.5 Å². The monoisotopic (exact) mass is 381 g/mol. The molecule has 3 heteroatoms. The van der Waals surface area contributed by atoms with Crippen LogP contribution in [0.3, 0.4) is 0 Å². The highest BCUT2D eigenvalue weighted by Gasteiger charge is 2.10. The third-order valence-corrected chi connectivity index (χ3v) is 5.26. The first-order valence-electron chi connectivity index (χ1n) is 4.06. The van der Waals surface area contributed by atoms with Gasteiger partial charge in [0.2, 0.25) is 0 Å². The van der Waals surface area contributed by atoms with Gasteiger partial charge in [-0.25, -0.2) is 5.11 Å². The van der Waals surface area contributed by atoms with Gasteiger partial charge in [-0.15, -0.1) is 0 Å². The predicted octanol–water partition coefficient (Wildman–Crippen LogP) is 3.60. The Kier molecular flexibility index (Phi) is 9.08. The first-order chi connectivity index (χ1) is 5.20. The van der Waals surface area contributed by atoms with E-state index in [-0.39, 0.29) is 6.10 Å². The zero-order chi connectivity index (χ0) is 8.69. The molecule has 0 aliphatic rings. The van der Waals surface area contributed by atoms with E-state index in [1.807, 2.05) is 0 Å². The number of alkyl halides is 2. The average molecular weight is 381 g/mol. The summed E-state index contributed by atoms with van der Waals surface area (Å²) in [7, 11) is 0. The van der Waals surface area contributed by atoms with Gasteiger partial charge in [0.1, 0.15) is 0 Å². The lowest BCUT2D eigenvalue weighted by Crippen LogP contribution is -2.12. The summed E-state index contributed by atoms with van der Waals surface area (Å²) in [6, 6.07) is 0. The third-order valence-electron chi connectivity index (χ3n) is 1.57. The summed E-state index contributed by atoms with van der Waals surface area (Å²) < 4.78 is 1.68. The van der Waals surface area contributed by atoms with Crippen molar-refractivity contribution in [3.63, 3.8) is 0 Å². The molecular formula is C8H15I2O. The van der Waals surface area contributed by atoms with Crippen molar-refractivity contribution in [2.45, 2.75) is 42.6 Å². The summed E-state index contributed by atoms with van der Waals surface area (Å²) in [5.41, 5.74) is 0. The predicted molar refractivity (Wildman–Crippen MR) is 65.3 cm³/mol. The van der Waals surface area contributed by atoms with E-state index in [0.717, 1.165) is 30.1 Å². The molecule has 2 unspecified atom stereocenters. The van der Waals surface area contributed by atoms with Crippen LogP contribution < -0.4 is 0 Å². The maximum Gasteiger partial charge on any atom is 0.0940 e. The van der Waals surface area contributed by atoms with Gasteiger partial charge < -0.3 is 0 Å². The highest BCUT2D eigenvalue weighted by atomic mass is 127. The van der Waals surface area contributed by atoms with Gasteiger partial charge in [0.15, 0.2) is 0 Å². The molecule has 0 aromatic heterocycles. The molecule has 0 aromatic rings. The fraction of sp³-hybridized carbons (Fsp3) is 1.00. The van der Waals surface area contributed by atoms with Gasteiger partial charge >= 0.3 is 0 Å². The Labute approximate surface area is 96.6 Å². The SMILES string of the molecule is CCCCC([O])CC(I)CI. The van der Waals surface area contributed by atoms with Crippen LogP contribution in [0.2, 0.25) is 0 Å². The zero-order valence-electron chi connectivity index (χ0n) is 6.85. The van der Waals surface area contributed by atoms with Gasteiger partial charge in [-0.3, -0.25) is 0 Å². The maximum absolute atomic E-state index is 11.2. The van der Waals surface area contributed by atoms with Crippen LogP contribution in [0.25, 0.3) is 0 Å². The van der Waals surface area contributed by atoms with Gasteiger partial charge in [-0.1, -0.05) is 64.9 Å². The molecule has 2 atom stereocenters. The van der Waals surface area contributed by atoms with E-state index >= 15 is 0 Å². The van der Waals surface area contributed by atoms with Crippen molar-refractivity contribution in [1.82, 2.24) is 0 Å². The molecule has 1 radical (unpaired) electrons. The highest BCUT2D eigenvalue weighted by molar-refractivity contribution is 14.1. The van der Waals surface area contributed by atoms with E-state index in [1.165, 1.54) is 0 Å². The van der Waals surface area contributed by atoms with E-state index in [2.05, 4.69) is 52.1 Å². The Morgan fingerprint density at radius 2 is 2.09 bits per heavy atom. The van der Waals surface area contributed by atoms with Crippen LogP contribution in [0, 0.1) is 0 Å². The fourth-order valence-corrected chi connectivity index (χ4v) is 1.82. The van der Waals surface area contributed by atoms with Gasteiger partial charge in [0.05, 0.1) is 6.10 Å². The van der Waals surface area contributed by atoms with Crippen LogP contribution in [0.1, 0.15) is 32.6 Å². The van der Waals surface area contributed by atoms with E-state index in [1.54, 1.807) is 0 Å². The summed E-state index contributed by atoms with van der Waals surface area (Å²) in [5, 5.41) is 11.2. The van der Waals surface area contributed by atoms with Crippen molar-refractivity contribution in [2.75, 3.05) is 4.43 Å². The largest absolute Gasteiger partial charge is 0.233 e.